The summed E-state index contributed by atoms with van der Waals surface area (Å²) in [4.78, 5) is 45.2. The normalized spacial score (nSPS) is 21.4. The quantitative estimate of drug-likeness (QED) is 0.278. The van der Waals surface area contributed by atoms with E-state index in [9.17, 15) is 19.7 Å². The fourth-order valence-corrected chi connectivity index (χ4v) is 4.74. The van der Waals surface area contributed by atoms with Gasteiger partial charge < -0.3 is 4.74 Å². The van der Waals surface area contributed by atoms with E-state index >= 15 is 0 Å². The lowest BCUT2D eigenvalue weighted by atomic mass is 9.90. The average Bonchev–Trinajstić information content (AvgIpc) is 3.36. The Morgan fingerprint density at radius 3 is 2.37 bits per heavy atom. The van der Waals surface area contributed by atoms with Gasteiger partial charge in [-0.25, -0.2) is 9.96 Å². The molecule has 5 rings (SSSR count). The van der Waals surface area contributed by atoms with Crippen LogP contribution in [0.3, 0.4) is 0 Å². The van der Waals surface area contributed by atoms with Crippen LogP contribution in [0.1, 0.15) is 18.5 Å². The zero-order valence-corrected chi connectivity index (χ0v) is 19.3. The highest BCUT2D eigenvalue weighted by Crippen LogP contribution is 2.49. The van der Waals surface area contributed by atoms with Crippen molar-refractivity contribution in [1.29, 1.82) is 0 Å². The molecule has 2 aliphatic heterocycles. The number of anilines is 2. The molecule has 0 aromatic heterocycles. The van der Waals surface area contributed by atoms with Crippen LogP contribution in [0, 0.1) is 16.0 Å². The maximum absolute atomic E-state index is 13.7. The van der Waals surface area contributed by atoms with Crippen molar-refractivity contribution < 1.29 is 24.1 Å². The molecule has 2 aliphatic rings. The fraction of sp³-hybridized carbons (Fsp3) is 0.200. The molecule has 0 aliphatic carbocycles. The summed E-state index contributed by atoms with van der Waals surface area (Å²) in [7, 11) is 0. The minimum Gasteiger partial charge on any atom is -0.494 e. The highest BCUT2D eigenvalue weighted by atomic mass is 35.5. The molecule has 2 saturated heterocycles. The summed E-state index contributed by atoms with van der Waals surface area (Å²) >= 11 is 6.48. The molecule has 3 atom stereocenters. The van der Waals surface area contributed by atoms with Gasteiger partial charge in [-0.2, -0.15) is 0 Å². The first-order valence-electron chi connectivity index (χ1n) is 11.0. The number of benzene rings is 3. The summed E-state index contributed by atoms with van der Waals surface area (Å²) in [5.74, 6) is -1.35. The van der Waals surface area contributed by atoms with Crippen LogP contribution in [0.15, 0.2) is 72.8 Å². The summed E-state index contributed by atoms with van der Waals surface area (Å²) in [6, 6.07) is 18.7. The first-order valence-corrected chi connectivity index (χ1v) is 11.3. The number of nitro groups is 1. The van der Waals surface area contributed by atoms with Crippen molar-refractivity contribution in [2.45, 2.75) is 19.1 Å². The van der Waals surface area contributed by atoms with Gasteiger partial charge in [0.1, 0.15) is 11.7 Å². The van der Waals surface area contributed by atoms with E-state index < -0.39 is 34.8 Å². The number of ether oxygens (including phenoxy) is 1. The number of non-ortho nitro benzene ring substituents is 1. The molecule has 0 N–H and O–H groups in total. The number of amides is 2. The van der Waals surface area contributed by atoms with Crippen molar-refractivity contribution in [2.75, 3.05) is 16.6 Å². The molecule has 2 heterocycles. The smallest absolute Gasteiger partial charge is 0.269 e. The number of fused-ring (bicyclic) bond motifs is 1. The maximum atomic E-state index is 13.7. The summed E-state index contributed by atoms with van der Waals surface area (Å²) in [5, 5.41) is 13.1. The average molecular weight is 494 g/mol. The summed E-state index contributed by atoms with van der Waals surface area (Å²) in [6.07, 6.45) is -1.12. The van der Waals surface area contributed by atoms with Gasteiger partial charge in [0.05, 0.1) is 28.9 Å². The van der Waals surface area contributed by atoms with Crippen molar-refractivity contribution in [2.24, 2.45) is 5.92 Å². The number of imide groups is 1. The van der Waals surface area contributed by atoms with E-state index in [4.69, 9.17) is 21.2 Å². The van der Waals surface area contributed by atoms with Gasteiger partial charge in [-0.3, -0.25) is 24.5 Å². The second-order valence-corrected chi connectivity index (χ2v) is 8.47. The molecule has 2 fully saturated rings. The molecule has 0 radical (unpaired) electrons. The van der Waals surface area contributed by atoms with E-state index in [0.29, 0.717) is 29.3 Å². The molecule has 9 nitrogen and oxygen atoms in total. The molecule has 2 amide bonds. The van der Waals surface area contributed by atoms with Gasteiger partial charge in [0, 0.05) is 22.7 Å². The van der Waals surface area contributed by atoms with Gasteiger partial charge in [-0.15, -0.1) is 0 Å². The zero-order chi connectivity index (χ0) is 24.7. The van der Waals surface area contributed by atoms with Crippen LogP contribution < -0.4 is 14.7 Å². The molecule has 0 saturated carbocycles. The minimum absolute atomic E-state index is 0.180. The summed E-state index contributed by atoms with van der Waals surface area (Å²) in [6.45, 7) is 2.34. The van der Waals surface area contributed by atoms with Crippen LogP contribution in [-0.2, 0) is 14.4 Å². The first kappa shape index (κ1) is 22.8. The van der Waals surface area contributed by atoms with E-state index in [1.165, 1.54) is 23.3 Å². The molecule has 3 aromatic carbocycles. The predicted molar refractivity (Wildman–Crippen MR) is 128 cm³/mol. The van der Waals surface area contributed by atoms with Gasteiger partial charge in [0.15, 0.2) is 6.10 Å². The molecule has 0 unspecified atom stereocenters. The number of carbonyl (C=O) groups is 2. The van der Waals surface area contributed by atoms with Crippen LogP contribution >= 0.6 is 11.6 Å². The number of nitro benzene ring substituents is 1. The van der Waals surface area contributed by atoms with E-state index in [1.807, 2.05) is 13.0 Å². The highest BCUT2D eigenvalue weighted by Gasteiger charge is 2.60. The molecular weight excluding hydrogens is 474 g/mol. The molecular formula is C25H20ClN3O6. The number of hydroxylamine groups is 1. The van der Waals surface area contributed by atoms with Crippen molar-refractivity contribution in [3.8, 4) is 5.75 Å². The van der Waals surface area contributed by atoms with Crippen LogP contribution in [0.4, 0.5) is 17.1 Å². The van der Waals surface area contributed by atoms with Gasteiger partial charge in [0.25, 0.3) is 11.6 Å². The number of rotatable bonds is 6. The monoisotopic (exact) mass is 493 g/mol. The van der Waals surface area contributed by atoms with E-state index in [2.05, 4.69) is 0 Å². The van der Waals surface area contributed by atoms with E-state index in [1.54, 1.807) is 48.5 Å². The molecule has 178 valence electrons. The molecule has 0 bridgehead atoms. The third-order valence-corrected chi connectivity index (χ3v) is 6.39. The number of hydrogen-bond acceptors (Lipinski definition) is 7. The van der Waals surface area contributed by atoms with Crippen LogP contribution in [0.2, 0.25) is 5.02 Å². The lowest BCUT2D eigenvalue weighted by Gasteiger charge is -2.29. The van der Waals surface area contributed by atoms with Crippen molar-refractivity contribution in [1.82, 2.24) is 0 Å². The molecule has 35 heavy (non-hydrogen) atoms. The molecule has 10 heteroatoms. The van der Waals surface area contributed by atoms with E-state index in [0.717, 1.165) is 4.90 Å². The SMILES string of the molecule is CCOc1ccc(N2C(=O)[C@H]3[C@@H](c4cc([N+](=O)[O-])ccc4Cl)N(c4ccccc4)O[C@H]3C2=O)cc1. The largest absolute Gasteiger partial charge is 0.494 e. The van der Waals surface area contributed by atoms with Gasteiger partial charge >= 0.3 is 0 Å². The maximum Gasteiger partial charge on any atom is 0.269 e. The fourth-order valence-electron chi connectivity index (χ4n) is 4.51. The Kier molecular flexibility index (Phi) is 5.88. The van der Waals surface area contributed by atoms with Crippen molar-refractivity contribution >= 4 is 40.5 Å². The van der Waals surface area contributed by atoms with Crippen LogP contribution in [0.25, 0.3) is 0 Å². The topological polar surface area (TPSA) is 102 Å². The number of para-hydroxylation sites is 1. The van der Waals surface area contributed by atoms with E-state index in [-0.39, 0.29) is 10.7 Å². The minimum atomic E-state index is -1.12. The number of halogens is 1. The van der Waals surface area contributed by atoms with Gasteiger partial charge in [0.2, 0.25) is 5.91 Å². The first-order chi connectivity index (χ1) is 16.9. The molecule has 0 spiro atoms. The van der Waals surface area contributed by atoms with Crippen molar-refractivity contribution in [3.63, 3.8) is 0 Å². The Hall–Kier alpha value is -3.95. The second kappa shape index (κ2) is 9.01. The second-order valence-electron chi connectivity index (χ2n) is 8.06. The number of hydrogen-bond donors (Lipinski definition) is 0. The zero-order valence-electron chi connectivity index (χ0n) is 18.5. The Labute approximate surface area is 205 Å². The Balaban J connectivity index is 1.58. The van der Waals surface area contributed by atoms with Crippen LogP contribution in [-0.4, -0.2) is 29.4 Å². The van der Waals surface area contributed by atoms with Crippen LogP contribution in [0.5, 0.6) is 5.75 Å². The Morgan fingerprint density at radius 2 is 1.71 bits per heavy atom. The summed E-state index contributed by atoms with van der Waals surface area (Å²) in [5.41, 5.74) is 1.12. The predicted octanol–water partition coefficient (Wildman–Crippen LogP) is 4.70. The van der Waals surface area contributed by atoms with Crippen molar-refractivity contribution in [3.05, 3.63) is 93.5 Å². The molecule has 3 aromatic rings. The third kappa shape index (κ3) is 3.88. The third-order valence-electron chi connectivity index (χ3n) is 6.04. The lowest BCUT2D eigenvalue weighted by Crippen LogP contribution is -2.37. The summed E-state index contributed by atoms with van der Waals surface area (Å²) < 4.78 is 5.44. The standard InChI is InChI=1S/C25H20ClN3O6/c1-2-34-18-11-8-15(9-12-18)27-24(30)21-22(19-14-17(29(32)33)10-13-20(19)26)28(35-23(21)25(27)31)16-6-4-3-5-7-16/h3-14,21-23H,2H2,1H3/t21-,22+,23+/m0/s1. The highest BCUT2D eigenvalue weighted by molar-refractivity contribution is 6.31. The van der Waals surface area contributed by atoms with Gasteiger partial charge in [-0.1, -0.05) is 29.8 Å². The Morgan fingerprint density at radius 1 is 1.00 bits per heavy atom. The van der Waals surface area contributed by atoms with Gasteiger partial charge in [-0.05, 0) is 49.4 Å². The Bertz CT molecular complexity index is 1300. The number of carbonyl (C=O) groups excluding carboxylic acids is 2. The number of nitrogens with zero attached hydrogens (tertiary/aromatic N) is 3. The lowest BCUT2D eigenvalue weighted by molar-refractivity contribution is -0.384.